The molecular weight excluding hydrogens is 146 g/mol. The number of rotatable bonds is 3. The maximum Gasteiger partial charge on any atom is 0.141 e. The van der Waals surface area contributed by atoms with Crippen LogP contribution in [-0.4, -0.2) is 15.7 Å². The summed E-state index contributed by atoms with van der Waals surface area (Å²) < 4.78 is 14.8. The first kappa shape index (κ1) is 9.82. The predicted octanol–water partition coefficient (Wildman–Crippen LogP) is 1.79. The van der Waals surface area contributed by atoms with E-state index < -0.39 is 11.0 Å². The van der Waals surface area contributed by atoms with Gasteiger partial charge in [0.2, 0.25) is 0 Å². The summed E-state index contributed by atoms with van der Waals surface area (Å²) in [7, 11) is -1.02. The van der Waals surface area contributed by atoms with Crippen molar-refractivity contribution < 1.29 is 4.21 Å². The van der Waals surface area contributed by atoms with Crippen molar-refractivity contribution in [2.45, 2.75) is 32.9 Å². The lowest BCUT2D eigenvalue weighted by molar-refractivity contribution is 0.678. The van der Waals surface area contributed by atoms with E-state index in [2.05, 4.69) is 4.40 Å². The summed E-state index contributed by atoms with van der Waals surface area (Å²) >= 11 is 0. The van der Waals surface area contributed by atoms with Gasteiger partial charge in [-0.1, -0.05) is 13.8 Å². The lowest BCUT2D eigenvalue weighted by atomic mass is 10.3. The normalized spacial score (nSPS) is 15.4. The van der Waals surface area contributed by atoms with Gasteiger partial charge >= 0.3 is 0 Å². The average molecular weight is 161 g/mol. The smallest absolute Gasteiger partial charge is 0.141 e. The van der Waals surface area contributed by atoms with Crippen molar-refractivity contribution in [2.24, 2.45) is 10.3 Å². The minimum absolute atomic E-state index is 0.134. The maximum atomic E-state index is 11.0. The standard InChI is InChI=1S/C7H15NOS/c1-6(2)5-8-10(9)7(3)4/h5-7H,1-4H3/b8-5+. The zero-order valence-electron chi connectivity index (χ0n) is 7.00. The molecule has 0 bridgehead atoms. The van der Waals surface area contributed by atoms with Crippen LogP contribution < -0.4 is 0 Å². The second kappa shape index (κ2) is 4.61. The van der Waals surface area contributed by atoms with Crippen LogP contribution in [0.3, 0.4) is 0 Å². The lowest BCUT2D eigenvalue weighted by Crippen LogP contribution is -2.03. The molecule has 60 valence electrons. The van der Waals surface area contributed by atoms with Gasteiger partial charge in [-0.05, 0) is 19.8 Å². The molecule has 0 amide bonds. The average Bonchev–Trinajstić information content (AvgIpc) is 1.82. The minimum atomic E-state index is -1.02. The van der Waals surface area contributed by atoms with Crippen LogP contribution in [0.1, 0.15) is 27.7 Å². The lowest BCUT2D eigenvalue weighted by Gasteiger charge is -1.97. The van der Waals surface area contributed by atoms with Crippen molar-refractivity contribution in [2.75, 3.05) is 0 Å². The van der Waals surface area contributed by atoms with E-state index in [0.717, 1.165) is 0 Å². The molecule has 0 aliphatic rings. The molecule has 2 nitrogen and oxygen atoms in total. The summed E-state index contributed by atoms with van der Waals surface area (Å²) in [5.74, 6) is 0.391. The van der Waals surface area contributed by atoms with Crippen LogP contribution in [0.4, 0.5) is 0 Å². The Labute approximate surface area is 65.3 Å². The molecule has 10 heavy (non-hydrogen) atoms. The molecule has 0 spiro atoms. The summed E-state index contributed by atoms with van der Waals surface area (Å²) in [6, 6.07) is 0. The molecule has 0 aliphatic carbocycles. The topological polar surface area (TPSA) is 29.4 Å². The highest BCUT2D eigenvalue weighted by molar-refractivity contribution is 7.84. The van der Waals surface area contributed by atoms with Crippen LogP contribution in [0.25, 0.3) is 0 Å². The highest BCUT2D eigenvalue weighted by atomic mass is 32.2. The van der Waals surface area contributed by atoms with Gasteiger partial charge in [0.1, 0.15) is 11.0 Å². The van der Waals surface area contributed by atoms with E-state index in [0.29, 0.717) is 5.92 Å². The van der Waals surface area contributed by atoms with Gasteiger partial charge in [-0.15, -0.1) is 0 Å². The second-order valence-corrected chi connectivity index (χ2v) is 4.53. The van der Waals surface area contributed by atoms with E-state index in [4.69, 9.17) is 0 Å². The largest absolute Gasteiger partial charge is 0.235 e. The molecule has 0 radical (unpaired) electrons. The summed E-state index contributed by atoms with van der Waals surface area (Å²) in [6.07, 6.45) is 1.73. The van der Waals surface area contributed by atoms with Gasteiger partial charge in [0.05, 0.1) is 5.25 Å². The first-order valence-electron chi connectivity index (χ1n) is 3.49. The monoisotopic (exact) mass is 161 g/mol. The number of hydrogen-bond acceptors (Lipinski definition) is 1. The first-order chi connectivity index (χ1) is 4.54. The van der Waals surface area contributed by atoms with Gasteiger partial charge in [0.15, 0.2) is 0 Å². The molecule has 1 atom stereocenters. The van der Waals surface area contributed by atoms with Gasteiger partial charge in [0.25, 0.3) is 0 Å². The fraction of sp³-hybridized carbons (Fsp3) is 0.857. The van der Waals surface area contributed by atoms with Crippen molar-refractivity contribution >= 4 is 17.2 Å². The molecule has 0 heterocycles. The molecule has 0 aromatic rings. The quantitative estimate of drug-likeness (QED) is 0.580. The Bertz CT molecular complexity index is 141. The fourth-order valence-electron chi connectivity index (χ4n) is 0.303. The molecule has 3 heteroatoms. The molecule has 0 aromatic carbocycles. The van der Waals surface area contributed by atoms with Gasteiger partial charge < -0.3 is 0 Å². The van der Waals surface area contributed by atoms with E-state index in [1.165, 1.54) is 0 Å². The third kappa shape index (κ3) is 4.68. The minimum Gasteiger partial charge on any atom is -0.235 e. The Hall–Kier alpha value is -0.180. The molecule has 0 aromatic heterocycles. The number of hydrogen-bond donors (Lipinski definition) is 0. The Morgan fingerprint density at radius 3 is 2.10 bits per heavy atom. The summed E-state index contributed by atoms with van der Waals surface area (Å²) in [5, 5.41) is 0.134. The van der Waals surface area contributed by atoms with Crippen LogP contribution in [0.15, 0.2) is 4.40 Å². The van der Waals surface area contributed by atoms with Crippen molar-refractivity contribution in [3.8, 4) is 0 Å². The van der Waals surface area contributed by atoms with Crippen molar-refractivity contribution in [3.05, 3.63) is 0 Å². The summed E-state index contributed by atoms with van der Waals surface area (Å²) in [6.45, 7) is 7.82. The summed E-state index contributed by atoms with van der Waals surface area (Å²) in [5.41, 5.74) is 0. The van der Waals surface area contributed by atoms with Crippen molar-refractivity contribution in [1.82, 2.24) is 0 Å². The highest BCUT2D eigenvalue weighted by Crippen LogP contribution is 1.96. The van der Waals surface area contributed by atoms with Crippen molar-refractivity contribution in [3.63, 3.8) is 0 Å². The van der Waals surface area contributed by atoms with Crippen molar-refractivity contribution in [1.29, 1.82) is 0 Å². The van der Waals surface area contributed by atoms with E-state index in [9.17, 15) is 4.21 Å². The summed E-state index contributed by atoms with van der Waals surface area (Å²) in [4.78, 5) is 0. The van der Waals surface area contributed by atoms with Crippen LogP contribution in [-0.2, 0) is 11.0 Å². The Kier molecular flexibility index (Phi) is 4.52. The van der Waals surface area contributed by atoms with E-state index in [-0.39, 0.29) is 5.25 Å². The third-order valence-corrected chi connectivity index (χ3v) is 2.00. The van der Waals surface area contributed by atoms with Crippen LogP contribution in [0.2, 0.25) is 0 Å². The first-order valence-corrected chi connectivity index (χ1v) is 4.66. The van der Waals surface area contributed by atoms with Crippen LogP contribution in [0, 0.1) is 5.92 Å². The SMILES string of the molecule is CC(C)/C=N/S(=O)C(C)C. The van der Waals surface area contributed by atoms with Crippen LogP contribution in [0.5, 0.6) is 0 Å². The van der Waals surface area contributed by atoms with Crippen LogP contribution >= 0.6 is 0 Å². The van der Waals surface area contributed by atoms with E-state index in [1.54, 1.807) is 6.21 Å². The molecule has 0 aliphatic heterocycles. The second-order valence-electron chi connectivity index (χ2n) is 2.82. The molecule has 1 unspecified atom stereocenters. The Morgan fingerprint density at radius 2 is 1.80 bits per heavy atom. The highest BCUT2D eigenvalue weighted by Gasteiger charge is 2.00. The van der Waals surface area contributed by atoms with E-state index in [1.807, 2.05) is 27.7 Å². The molecule has 0 rings (SSSR count). The van der Waals surface area contributed by atoms with E-state index >= 15 is 0 Å². The molecule has 0 fully saturated rings. The fourth-order valence-corrected chi connectivity index (χ4v) is 0.910. The third-order valence-electron chi connectivity index (χ3n) is 0.866. The predicted molar refractivity (Wildman–Crippen MR) is 46.6 cm³/mol. The maximum absolute atomic E-state index is 11.0. The van der Waals surface area contributed by atoms with Gasteiger partial charge in [-0.25, -0.2) is 4.21 Å². The van der Waals surface area contributed by atoms with Gasteiger partial charge in [-0.2, -0.15) is 4.40 Å². The molecule has 0 saturated heterocycles. The Balaban J connectivity index is 3.79. The van der Waals surface area contributed by atoms with Gasteiger partial charge in [-0.3, -0.25) is 0 Å². The zero-order chi connectivity index (χ0) is 8.15. The van der Waals surface area contributed by atoms with Gasteiger partial charge in [0, 0.05) is 6.21 Å². The zero-order valence-corrected chi connectivity index (χ0v) is 7.81. The molecule has 0 N–H and O–H groups in total. The molecular formula is C7H15NOS. The molecule has 0 saturated carbocycles. The number of nitrogens with zero attached hydrogens (tertiary/aromatic N) is 1. The Morgan fingerprint density at radius 1 is 1.30 bits per heavy atom.